The Bertz CT molecular complexity index is 946. The van der Waals surface area contributed by atoms with Gasteiger partial charge >= 0.3 is 0 Å². The zero-order chi connectivity index (χ0) is 15.6. The Morgan fingerprint density at radius 3 is 2.48 bits per heavy atom. The number of aromatic nitrogens is 4. The first-order valence-electron chi connectivity index (χ1n) is 7.28. The van der Waals surface area contributed by atoms with E-state index in [-0.39, 0.29) is 5.82 Å². The third kappa shape index (κ3) is 2.57. The van der Waals surface area contributed by atoms with Gasteiger partial charge in [0.05, 0.1) is 6.54 Å². The summed E-state index contributed by atoms with van der Waals surface area (Å²) in [5, 5.41) is 0. The first kappa shape index (κ1) is 13.6. The van der Waals surface area contributed by atoms with Gasteiger partial charge < -0.3 is 4.57 Å². The summed E-state index contributed by atoms with van der Waals surface area (Å²) in [4.78, 5) is 13.5. The lowest BCUT2D eigenvalue weighted by Gasteiger charge is -2.08. The number of fused-ring (bicyclic) bond motifs is 1. The lowest BCUT2D eigenvalue weighted by molar-refractivity contribution is 0.626. The van der Waals surface area contributed by atoms with Crippen molar-refractivity contribution < 1.29 is 4.39 Å². The van der Waals surface area contributed by atoms with Crippen molar-refractivity contribution in [3.05, 3.63) is 78.4 Å². The summed E-state index contributed by atoms with van der Waals surface area (Å²) in [6.45, 7) is 0.555. The Hall–Kier alpha value is -3.08. The molecule has 0 amide bonds. The van der Waals surface area contributed by atoms with Crippen LogP contribution in [0.4, 0.5) is 4.39 Å². The maximum absolute atomic E-state index is 13.1. The zero-order valence-corrected chi connectivity index (χ0v) is 12.2. The third-order valence-electron chi connectivity index (χ3n) is 3.65. The fraction of sp³-hybridized carbons (Fsp3) is 0.0556. The molecule has 4 rings (SSSR count). The van der Waals surface area contributed by atoms with Crippen molar-refractivity contribution in [2.24, 2.45) is 0 Å². The summed E-state index contributed by atoms with van der Waals surface area (Å²) in [7, 11) is 0. The molecule has 0 unspecified atom stereocenters. The van der Waals surface area contributed by atoms with Crippen LogP contribution in [0.25, 0.3) is 22.7 Å². The number of hydrogen-bond acceptors (Lipinski definition) is 3. The predicted molar refractivity (Wildman–Crippen MR) is 86.3 cm³/mol. The molecule has 0 radical (unpaired) electrons. The molecule has 0 spiro atoms. The Morgan fingerprint density at radius 1 is 0.870 bits per heavy atom. The van der Waals surface area contributed by atoms with E-state index in [0.29, 0.717) is 6.54 Å². The van der Waals surface area contributed by atoms with Gasteiger partial charge in [0.1, 0.15) is 17.0 Å². The lowest BCUT2D eigenvalue weighted by Crippen LogP contribution is -2.04. The summed E-state index contributed by atoms with van der Waals surface area (Å²) in [6, 6.07) is 16.0. The molecule has 4 nitrogen and oxygen atoms in total. The standard InChI is InChI=1S/C18H13FN4/c19-14-8-6-13(7-9-14)12-23-17-16(5-3-11-21-17)22-18(23)15-4-1-2-10-20-15/h1-11H,12H2. The molecule has 0 aliphatic rings. The molecule has 0 N–H and O–H groups in total. The van der Waals surface area contributed by atoms with E-state index < -0.39 is 0 Å². The zero-order valence-electron chi connectivity index (χ0n) is 12.2. The van der Waals surface area contributed by atoms with E-state index in [1.807, 2.05) is 34.9 Å². The van der Waals surface area contributed by atoms with Crippen molar-refractivity contribution in [1.82, 2.24) is 19.5 Å². The molecule has 0 bridgehead atoms. The number of pyridine rings is 2. The highest BCUT2D eigenvalue weighted by molar-refractivity contribution is 5.76. The molecule has 112 valence electrons. The van der Waals surface area contributed by atoms with Crippen LogP contribution >= 0.6 is 0 Å². The van der Waals surface area contributed by atoms with Gasteiger partial charge in [0.2, 0.25) is 0 Å². The summed E-state index contributed by atoms with van der Waals surface area (Å²) in [5.41, 5.74) is 3.37. The van der Waals surface area contributed by atoms with E-state index in [1.165, 1.54) is 12.1 Å². The maximum atomic E-state index is 13.1. The molecule has 0 fully saturated rings. The highest BCUT2D eigenvalue weighted by Gasteiger charge is 2.14. The molecule has 0 aliphatic heterocycles. The summed E-state index contributed by atoms with van der Waals surface area (Å²) in [6.07, 6.45) is 3.48. The molecule has 3 heterocycles. The number of nitrogens with zero attached hydrogens (tertiary/aromatic N) is 4. The SMILES string of the molecule is Fc1ccc(Cn2c(-c3ccccn3)nc3cccnc32)cc1. The monoisotopic (exact) mass is 304 g/mol. The van der Waals surface area contributed by atoms with Gasteiger partial charge in [0.15, 0.2) is 11.5 Å². The molecule has 3 aromatic heterocycles. The average molecular weight is 304 g/mol. The number of hydrogen-bond donors (Lipinski definition) is 0. The Balaban J connectivity index is 1.87. The van der Waals surface area contributed by atoms with Gasteiger partial charge in [-0.1, -0.05) is 18.2 Å². The number of rotatable bonds is 3. The average Bonchev–Trinajstić information content (AvgIpc) is 2.96. The lowest BCUT2D eigenvalue weighted by atomic mass is 10.2. The van der Waals surface area contributed by atoms with E-state index >= 15 is 0 Å². The maximum Gasteiger partial charge on any atom is 0.161 e. The Labute approximate surface area is 132 Å². The second-order valence-electron chi connectivity index (χ2n) is 5.21. The number of imidazole rings is 1. The van der Waals surface area contributed by atoms with E-state index in [9.17, 15) is 4.39 Å². The van der Waals surface area contributed by atoms with Crippen molar-refractivity contribution >= 4 is 11.2 Å². The Morgan fingerprint density at radius 2 is 1.70 bits per heavy atom. The van der Waals surface area contributed by atoms with Crippen molar-refractivity contribution in [2.45, 2.75) is 6.54 Å². The minimum absolute atomic E-state index is 0.243. The Kier molecular flexibility index (Phi) is 3.31. The summed E-state index contributed by atoms with van der Waals surface area (Å²) < 4.78 is 15.1. The fourth-order valence-corrected chi connectivity index (χ4v) is 2.57. The third-order valence-corrected chi connectivity index (χ3v) is 3.65. The van der Waals surface area contributed by atoms with Gasteiger partial charge in [0, 0.05) is 12.4 Å². The highest BCUT2D eigenvalue weighted by atomic mass is 19.1. The van der Waals surface area contributed by atoms with Gasteiger partial charge in [-0.15, -0.1) is 0 Å². The normalized spacial score (nSPS) is 11.0. The fourth-order valence-electron chi connectivity index (χ4n) is 2.57. The van der Waals surface area contributed by atoms with E-state index in [2.05, 4.69) is 15.0 Å². The van der Waals surface area contributed by atoms with E-state index in [0.717, 1.165) is 28.2 Å². The molecule has 0 atom stereocenters. The van der Waals surface area contributed by atoms with Crippen LogP contribution in [0.3, 0.4) is 0 Å². The molecule has 1 aromatic carbocycles. The smallest absolute Gasteiger partial charge is 0.161 e. The molecule has 0 saturated heterocycles. The van der Waals surface area contributed by atoms with Crippen molar-refractivity contribution in [2.75, 3.05) is 0 Å². The molecular formula is C18H13FN4. The molecule has 4 aromatic rings. The van der Waals surface area contributed by atoms with E-state index in [4.69, 9.17) is 0 Å². The number of halogens is 1. The van der Waals surface area contributed by atoms with Crippen LogP contribution in [0.2, 0.25) is 0 Å². The highest BCUT2D eigenvalue weighted by Crippen LogP contribution is 2.23. The van der Waals surface area contributed by atoms with Gasteiger partial charge in [-0.2, -0.15) is 0 Å². The van der Waals surface area contributed by atoms with Crippen LogP contribution < -0.4 is 0 Å². The molecule has 0 saturated carbocycles. The van der Waals surface area contributed by atoms with Crippen molar-refractivity contribution in [1.29, 1.82) is 0 Å². The van der Waals surface area contributed by atoms with E-state index in [1.54, 1.807) is 24.5 Å². The molecule has 23 heavy (non-hydrogen) atoms. The minimum atomic E-state index is -0.243. The minimum Gasteiger partial charge on any atom is -0.303 e. The van der Waals surface area contributed by atoms with Crippen LogP contribution in [-0.2, 0) is 6.54 Å². The first-order valence-corrected chi connectivity index (χ1v) is 7.28. The summed E-state index contributed by atoms with van der Waals surface area (Å²) in [5.74, 6) is 0.510. The van der Waals surface area contributed by atoms with Crippen LogP contribution in [0.1, 0.15) is 5.56 Å². The van der Waals surface area contributed by atoms with Crippen LogP contribution in [0, 0.1) is 5.82 Å². The topological polar surface area (TPSA) is 43.6 Å². The number of benzene rings is 1. The van der Waals surface area contributed by atoms with Crippen molar-refractivity contribution in [3.63, 3.8) is 0 Å². The van der Waals surface area contributed by atoms with Crippen LogP contribution in [-0.4, -0.2) is 19.5 Å². The van der Waals surface area contributed by atoms with Gasteiger partial charge in [-0.25, -0.2) is 14.4 Å². The predicted octanol–water partition coefficient (Wildman–Crippen LogP) is 3.68. The van der Waals surface area contributed by atoms with Gasteiger partial charge in [-0.3, -0.25) is 4.98 Å². The molecular weight excluding hydrogens is 291 g/mol. The quantitative estimate of drug-likeness (QED) is 0.580. The van der Waals surface area contributed by atoms with Gasteiger partial charge in [0.25, 0.3) is 0 Å². The first-order chi connectivity index (χ1) is 11.3. The van der Waals surface area contributed by atoms with Crippen LogP contribution in [0.5, 0.6) is 0 Å². The second kappa shape index (κ2) is 5.61. The van der Waals surface area contributed by atoms with Crippen LogP contribution in [0.15, 0.2) is 67.0 Å². The summed E-state index contributed by atoms with van der Waals surface area (Å²) >= 11 is 0. The second-order valence-corrected chi connectivity index (χ2v) is 5.21. The molecule has 5 heteroatoms. The van der Waals surface area contributed by atoms with Gasteiger partial charge in [-0.05, 0) is 42.0 Å². The largest absolute Gasteiger partial charge is 0.303 e. The molecule has 0 aliphatic carbocycles. The van der Waals surface area contributed by atoms with Crippen molar-refractivity contribution in [3.8, 4) is 11.5 Å².